The van der Waals surface area contributed by atoms with E-state index in [-0.39, 0.29) is 0 Å². The number of nitrogens with two attached hydrogens (primary N) is 1. The molecule has 2 rings (SSSR count). The molecule has 0 aliphatic carbocycles. The number of fused-ring (bicyclic) bond motifs is 1. The highest BCUT2D eigenvalue weighted by Crippen LogP contribution is 2.22. The van der Waals surface area contributed by atoms with Gasteiger partial charge in [-0.25, -0.2) is 4.68 Å². The number of methoxy groups -OCH3 is 1. The summed E-state index contributed by atoms with van der Waals surface area (Å²) in [6, 6.07) is 0. The van der Waals surface area contributed by atoms with Gasteiger partial charge in [-0.05, 0) is 0 Å². The Bertz CT molecular complexity index is 445. The minimum absolute atomic E-state index is 0.370. The van der Waals surface area contributed by atoms with E-state index in [1.807, 2.05) is 0 Å². The van der Waals surface area contributed by atoms with Gasteiger partial charge in [0.05, 0.1) is 17.7 Å². The summed E-state index contributed by atoms with van der Waals surface area (Å²) < 4.78 is 11.8. The summed E-state index contributed by atoms with van der Waals surface area (Å²) in [5.74, 6) is 0. The highest BCUT2D eigenvalue weighted by atomic mass is 16.5. The zero-order valence-electron chi connectivity index (χ0n) is 8.15. The molecule has 0 spiro atoms. The Hall–Kier alpha value is -1.40. The highest BCUT2D eigenvalue weighted by Gasteiger charge is 2.17. The first-order valence-electron chi connectivity index (χ1n) is 4.27. The van der Waals surface area contributed by atoms with Gasteiger partial charge in [-0.2, -0.15) is 5.10 Å². The van der Waals surface area contributed by atoms with Crippen LogP contribution in [0.4, 0.5) is 0 Å². The average Bonchev–Trinajstić information content (AvgIpc) is 2.70. The Balaban J connectivity index is 2.62. The standard InChI is InChI=1S/C8H12N4O2/c1-12-8-7(5(3-9)10-12)6(4-13-2)11-14-8/h3-4,9H2,1-2H3. The first-order chi connectivity index (χ1) is 6.77. The maximum Gasteiger partial charge on any atom is 0.256 e. The number of rotatable bonds is 3. The normalized spacial score (nSPS) is 11.4. The van der Waals surface area contributed by atoms with E-state index in [4.69, 9.17) is 15.0 Å². The van der Waals surface area contributed by atoms with E-state index in [1.54, 1.807) is 18.8 Å². The maximum atomic E-state index is 5.57. The van der Waals surface area contributed by atoms with Crippen molar-refractivity contribution in [1.82, 2.24) is 14.9 Å². The smallest absolute Gasteiger partial charge is 0.256 e. The summed E-state index contributed by atoms with van der Waals surface area (Å²) in [4.78, 5) is 0. The zero-order chi connectivity index (χ0) is 10.1. The van der Waals surface area contributed by atoms with Gasteiger partial charge in [-0.1, -0.05) is 5.16 Å². The Kier molecular flexibility index (Phi) is 2.22. The number of ether oxygens (including phenoxy) is 1. The topological polar surface area (TPSA) is 79.1 Å². The SMILES string of the molecule is COCc1noc2c1c(CN)nn2C. The third kappa shape index (κ3) is 1.19. The van der Waals surface area contributed by atoms with Crippen LogP contribution in [-0.2, 0) is 24.9 Å². The molecule has 0 saturated carbocycles. The fourth-order valence-corrected chi connectivity index (χ4v) is 1.48. The molecule has 0 bridgehead atoms. The summed E-state index contributed by atoms with van der Waals surface area (Å²) in [7, 11) is 3.41. The van der Waals surface area contributed by atoms with Gasteiger partial charge in [0.25, 0.3) is 5.71 Å². The Morgan fingerprint density at radius 2 is 2.29 bits per heavy atom. The van der Waals surface area contributed by atoms with E-state index < -0.39 is 0 Å². The van der Waals surface area contributed by atoms with Crippen LogP contribution < -0.4 is 5.73 Å². The van der Waals surface area contributed by atoms with Crippen molar-refractivity contribution in [2.45, 2.75) is 13.2 Å². The van der Waals surface area contributed by atoms with Crippen molar-refractivity contribution in [3.05, 3.63) is 11.4 Å². The van der Waals surface area contributed by atoms with E-state index in [0.29, 0.717) is 18.9 Å². The molecule has 76 valence electrons. The lowest BCUT2D eigenvalue weighted by Crippen LogP contribution is -2.00. The zero-order valence-corrected chi connectivity index (χ0v) is 8.15. The fraction of sp³-hybridized carbons (Fsp3) is 0.500. The molecule has 2 aromatic heterocycles. The monoisotopic (exact) mass is 196 g/mol. The summed E-state index contributed by atoms with van der Waals surface area (Å²) in [6.45, 7) is 0.779. The molecule has 2 heterocycles. The molecule has 0 saturated heterocycles. The molecule has 0 aromatic carbocycles. The second-order valence-electron chi connectivity index (χ2n) is 3.02. The minimum Gasteiger partial charge on any atom is -0.378 e. The van der Waals surface area contributed by atoms with E-state index in [2.05, 4.69) is 10.3 Å². The molecule has 0 aliphatic heterocycles. The molecule has 0 radical (unpaired) electrons. The van der Waals surface area contributed by atoms with Crippen molar-refractivity contribution in [1.29, 1.82) is 0 Å². The molecule has 2 aromatic rings. The molecule has 6 nitrogen and oxygen atoms in total. The maximum absolute atomic E-state index is 5.57. The van der Waals surface area contributed by atoms with Crippen LogP contribution in [0.15, 0.2) is 4.52 Å². The quantitative estimate of drug-likeness (QED) is 0.756. The predicted molar refractivity (Wildman–Crippen MR) is 49.4 cm³/mol. The highest BCUT2D eigenvalue weighted by molar-refractivity contribution is 5.79. The summed E-state index contributed by atoms with van der Waals surface area (Å²) in [5, 5.41) is 8.98. The first-order valence-corrected chi connectivity index (χ1v) is 4.27. The molecule has 0 amide bonds. The Morgan fingerprint density at radius 1 is 1.50 bits per heavy atom. The first kappa shape index (κ1) is 9.17. The average molecular weight is 196 g/mol. The lowest BCUT2D eigenvalue weighted by atomic mass is 10.2. The fourth-order valence-electron chi connectivity index (χ4n) is 1.48. The number of aromatic nitrogens is 3. The lowest BCUT2D eigenvalue weighted by molar-refractivity contribution is 0.178. The summed E-state index contributed by atoms with van der Waals surface area (Å²) in [5.41, 5.74) is 7.74. The van der Waals surface area contributed by atoms with Crippen molar-refractivity contribution >= 4 is 11.1 Å². The van der Waals surface area contributed by atoms with Crippen LogP contribution in [0.25, 0.3) is 11.1 Å². The second-order valence-corrected chi connectivity index (χ2v) is 3.02. The van der Waals surface area contributed by atoms with Crippen LogP contribution in [0.1, 0.15) is 11.4 Å². The van der Waals surface area contributed by atoms with Crippen molar-refractivity contribution in [3.8, 4) is 0 Å². The molecule has 14 heavy (non-hydrogen) atoms. The van der Waals surface area contributed by atoms with Gasteiger partial charge in [0.15, 0.2) is 0 Å². The summed E-state index contributed by atoms with van der Waals surface area (Å²) >= 11 is 0. The third-order valence-corrected chi connectivity index (χ3v) is 2.07. The molecule has 2 N–H and O–H groups in total. The Labute approximate surface area is 80.6 Å². The molecule has 0 unspecified atom stereocenters. The van der Waals surface area contributed by atoms with Crippen LogP contribution in [0.5, 0.6) is 0 Å². The number of nitrogens with zero attached hydrogens (tertiary/aromatic N) is 3. The van der Waals surface area contributed by atoms with Gasteiger partial charge in [0.1, 0.15) is 5.69 Å². The number of hydrogen-bond donors (Lipinski definition) is 1. The van der Waals surface area contributed by atoms with Crippen molar-refractivity contribution in [3.63, 3.8) is 0 Å². The van der Waals surface area contributed by atoms with Crippen LogP contribution in [0, 0.1) is 0 Å². The van der Waals surface area contributed by atoms with Crippen molar-refractivity contribution in [2.75, 3.05) is 7.11 Å². The van der Waals surface area contributed by atoms with Crippen molar-refractivity contribution < 1.29 is 9.26 Å². The molecular weight excluding hydrogens is 184 g/mol. The van der Waals surface area contributed by atoms with E-state index in [1.165, 1.54) is 0 Å². The molecule has 0 atom stereocenters. The van der Waals surface area contributed by atoms with Gasteiger partial charge in [-0.3, -0.25) is 0 Å². The van der Waals surface area contributed by atoms with Crippen molar-refractivity contribution in [2.24, 2.45) is 12.8 Å². The molecule has 0 aliphatic rings. The molecule has 6 heteroatoms. The van der Waals surface area contributed by atoms with Crippen LogP contribution in [0.3, 0.4) is 0 Å². The number of aryl methyl sites for hydroxylation is 1. The third-order valence-electron chi connectivity index (χ3n) is 2.07. The predicted octanol–water partition coefficient (Wildman–Crippen LogP) is 0.166. The molecular formula is C8H12N4O2. The largest absolute Gasteiger partial charge is 0.378 e. The van der Waals surface area contributed by atoms with E-state index in [0.717, 1.165) is 16.8 Å². The lowest BCUT2D eigenvalue weighted by Gasteiger charge is -1.92. The van der Waals surface area contributed by atoms with E-state index >= 15 is 0 Å². The minimum atomic E-state index is 0.370. The van der Waals surface area contributed by atoms with Crippen LogP contribution in [0.2, 0.25) is 0 Å². The van der Waals surface area contributed by atoms with Gasteiger partial charge in [-0.15, -0.1) is 0 Å². The van der Waals surface area contributed by atoms with Gasteiger partial charge >= 0.3 is 0 Å². The Morgan fingerprint density at radius 3 is 2.93 bits per heavy atom. The second kappa shape index (κ2) is 3.39. The van der Waals surface area contributed by atoms with Gasteiger partial charge in [0, 0.05) is 20.7 Å². The van der Waals surface area contributed by atoms with Gasteiger partial charge < -0.3 is 15.0 Å². The summed E-state index contributed by atoms with van der Waals surface area (Å²) in [6.07, 6.45) is 0. The van der Waals surface area contributed by atoms with E-state index in [9.17, 15) is 0 Å². The molecule has 0 fully saturated rings. The van der Waals surface area contributed by atoms with Crippen LogP contribution >= 0.6 is 0 Å². The van der Waals surface area contributed by atoms with Crippen LogP contribution in [-0.4, -0.2) is 22.0 Å². The number of hydrogen-bond acceptors (Lipinski definition) is 5. The van der Waals surface area contributed by atoms with Gasteiger partial charge in [0.2, 0.25) is 0 Å².